The Hall–Kier alpha value is -1.80. The fourth-order valence-electron chi connectivity index (χ4n) is 2.89. The van der Waals surface area contributed by atoms with Gasteiger partial charge in [-0.2, -0.15) is 13.2 Å². The van der Waals surface area contributed by atoms with E-state index in [0.717, 1.165) is 4.90 Å². The zero-order valence-corrected chi connectivity index (χ0v) is 14.1. The van der Waals surface area contributed by atoms with Crippen molar-refractivity contribution >= 4 is 17.8 Å². The number of carbonyl (C=O) groups excluding carboxylic acids is 2. The van der Waals surface area contributed by atoms with Crippen molar-refractivity contribution in [2.24, 2.45) is 11.3 Å². The molecule has 6 nitrogen and oxygen atoms in total. The molecule has 0 spiro atoms. The lowest BCUT2D eigenvalue weighted by atomic mass is 9.85. The number of hydrogen-bond donors (Lipinski definition) is 2. The average molecular weight is 352 g/mol. The highest BCUT2D eigenvalue weighted by Crippen LogP contribution is 2.31. The Balaban J connectivity index is 3.09. The Morgan fingerprint density at radius 1 is 1.25 bits per heavy atom. The zero-order chi connectivity index (χ0) is 18.9. The Morgan fingerprint density at radius 3 is 2.17 bits per heavy atom. The van der Waals surface area contributed by atoms with Gasteiger partial charge in [0.2, 0.25) is 5.91 Å². The molecule has 0 radical (unpaired) electrons. The first-order valence-electron chi connectivity index (χ1n) is 7.71. The molecule has 24 heavy (non-hydrogen) atoms. The van der Waals surface area contributed by atoms with Gasteiger partial charge >= 0.3 is 18.1 Å². The van der Waals surface area contributed by atoms with Gasteiger partial charge in [0.15, 0.2) is 0 Å². The van der Waals surface area contributed by atoms with Crippen LogP contribution in [-0.2, 0) is 14.4 Å². The number of carbonyl (C=O) groups is 3. The molecule has 138 valence electrons. The molecular weight excluding hydrogens is 329 g/mol. The number of alkyl halides is 3. The Kier molecular flexibility index (Phi) is 5.89. The third-order valence-corrected chi connectivity index (χ3v) is 4.23. The number of nitrogens with one attached hydrogen (secondary N) is 1. The van der Waals surface area contributed by atoms with Crippen molar-refractivity contribution in [2.45, 2.75) is 58.8 Å². The van der Waals surface area contributed by atoms with Crippen LogP contribution in [0, 0.1) is 11.3 Å². The molecule has 1 aliphatic heterocycles. The number of nitrogens with zero attached hydrogens (tertiary/aromatic N) is 1. The van der Waals surface area contributed by atoms with E-state index in [2.05, 4.69) is 0 Å². The highest BCUT2D eigenvalue weighted by molar-refractivity contribution is 5.92. The molecule has 0 aromatic rings. The van der Waals surface area contributed by atoms with Crippen molar-refractivity contribution in [2.75, 3.05) is 6.54 Å². The molecule has 1 aliphatic rings. The number of carboxylic acid groups (broad SMARTS) is 1. The summed E-state index contributed by atoms with van der Waals surface area (Å²) in [7, 11) is 0. The highest BCUT2D eigenvalue weighted by Gasteiger charge is 2.48. The van der Waals surface area contributed by atoms with Crippen LogP contribution in [0.2, 0.25) is 0 Å². The van der Waals surface area contributed by atoms with Crippen LogP contribution in [-0.4, -0.2) is 52.6 Å². The zero-order valence-electron chi connectivity index (χ0n) is 14.1. The quantitative estimate of drug-likeness (QED) is 0.808. The van der Waals surface area contributed by atoms with Gasteiger partial charge in [-0.1, -0.05) is 34.1 Å². The number of halogens is 3. The van der Waals surface area contributed by atoms with Gasteiger partial charge in [0.05, 0.1) is 0 Å². The molecule has 0 aromatic carbocycles. The SMILES string of the molecule is CC[C@@H]1CCN(C(=O)C(NC(=O)C(F)(F)F)C(C)(C)C)[C@@H]1C(=O)O. The summed E-state index contributed by atoms with van der Waals surface area (Å²) in [6, 6.07) is -2.56. The summed E-state index contributed by atoms with van der Waals surface area (Å²) in [5.41, 5.74) is -1.01. The van der Waals surface area contributed by atoms with Crippen LogP contribution in [0.1, 0.15) is 40.5 Å². The van der Waals surface area contributed by atoms with Crippen LogP contribution in [0.25, 0.3) is 0 Å². The molecule has 1 fully saturated rings. The minimum atomic E-state index is -5.12. The van der Waals surface area contributed by atoms with Gasteiger partial charge in [-0.3, -0.25) is 9.59 Å². The predicted molar refractivity (Wildman–Crippen MR) is 79.0 cm³/mol. The van der Waals surface area contributed by atoms with E-state index in [-0.39, 0.29) is 12.5 Å². The van der Waals surface area contributed by atoms with E-state index in [9.17, 15) is 32.7 Å². The highest BCUT2D eigenvalue weighted by atomic mass is 19.4. The summed E-state index contributed by atoms with van der Waals surface area (Å²) in [5, 5.41) is 11.1. The monoisotopic (exact) mass is 352 g/mol. The van der Waals surface area contributed by atoms with Crippen LogP contribution < -0.4 is 5.32 Å². The number of carboxylic acids is 1. The fourth-order valence-corrected chi connectivity index (χ4v) is 2.89. The topological polar surface area (TPSA) is 86.7 Å². The molecule has 9 heteroatoms. The van der Waals surface area contributed by atoms with Crippen LogP contribution in [0.5, 0.6) is 0 Å². The lowest BCUT2D eigenvalue weighted by Gasteiger charge is -2.35. The van der Waals surface area contributed by atoms with E-state index in [1.165, 1.54) is 20.8 Å². The summed E-state index contributed by atoms with van der Waals surface area (Å²) in [5.74, 6) is -4.47. The Bertz CT molecular complexity index is 514. The van der Waals surface area contributed by atoms with E-state index >= 15 is 0 Å². The van der Waals surface area contributed by atoms with Crippen molar-refractivity contribution in [1.29, 1.82) is 0 Å². The number of amides is 2. The molecule has 1 heterocycles. The summed E-state index contributed by atoms with van der Waals surface area (Å²) < 4.78 is 37.6. The standard InChI is InChI=1S/C15H23F3N2O4/c1-5-8-6-7-20(9(8)12(22)23)11(21)10(14(2,3)4)19-13(24)15(16,17)18/h8-10H,5-7H2,1-4H3,(H,19,24)(H,22,23)/t8-,9+,10?/m1/s1. The van der Waals surface area contributed by atoms with Crippen LogP contribution in [0.4, 0.5) is 13.2 Å². The summed E-state index contributed by atoms with van der Waals surface area (Å²) in [4.78, 5) is 36.5. The van der Waals surface area contributed by atoms with Gasteiger partial charge in [-0.05, 0) is 17.8 Å². The molecule has 0 aromatic heterocycles. The molecule has 0 bridgehead atoms. The number of hydrogen-bond acceptors (Lipinski definition) is 3. The third kappa shape index (κ3) is 4.39. The van der Waals surface area contributed by atoms with Gasteiger partial charge in [0.1, 0.15) is 12.1 Å². The van der Waals surface area contributed by atoms with Crippen molar-refractivity contribution in [1.82, 2.24) is 10.2 Å². The van der Waals surface area contributed by atoms with E-state index in [1.54, 1.807) is 12.2 Å². The summed E-state index contributed by atoms with van der Waals surface area (Å²) in [6.07, 6.45) is -4.12. The first kappa shape index (κ1) is 20.2. The maximum Gasteiger partial charge on any atom is 0.471 e. The van der Waals surface area contributed by atoms with E-state index < -0.39 is 41.5 Å². The smallest absolute Gasteiger partial charge is 0.471 e. The number of rotatable bonds is 4. The molecule has 2 N–H and O–H groups in total. The molecule has 1 unspecified atom stereocenters. The largest absolute Gasteiger partial charge is 0.480 e. The maximum atomic E-state index is 12.7. The molecule has 0 saturated carbocycles. The van der Waals surface area contributed by atoms with Crippen molar-refractivity contribution < 1.29 is 32.7 Å². The van der Waals surface area contributed by atoms with Crippen LogP contribution in [0.3, 0.4) is 0 Å². The minimum Gasteiger partial charge on any atom is -0.480 e. The van der Waals surface area contributed by atoms with Crippen molar-refractivity contribution in [3.63, 3.8) is 0 Å². The number of aliphatic carboxylic acids is 1. The normalized spacial score (nSPS) is 23.0. The van der Waals surface area contributed by atoms with Crippen LogP contribution >= 0.6 is 0 Å². The van der Waals surface area contributed by atoms with Crippen molar-refractivity contribution in [3.05, 3.63) is 0 Å². The molecule has 1 rings (SSSR count). The van der Waals surface area contributed by atoms with Gasteiger partial charge in [0.25, 0.3) is 0 Å². The second-order valence-electron chi connectivity index (χ2n) is 7.04. The average Bonchev–Trinajstić information content (AvgIpc) is 2.85. The predicted octanol–water partition coefficient (Wildman–Crippen LogP) is 1.79. The maximum absolute atomic E-state index is 12.7. The lowest BCUT2D eigenvalue weighted by Crippen LogP contribution is -2.59. The second kappa shape index (κ2) is 6.98. The first-order chi connectivity index (χ1) is 10.8. The minimum absolute atomic E-state index is 0.142. The first-order valence-corrected chi connectivity index (χ1v) is 7.71. The van der Waals surface area contributed by atoms with E-state index in [1.807, 2.05) is 0 Å². The molecule has 0 aliphatic carbocycles. The van der Waals surface area contributed by atoms with Gasteiger partial charge < -0.3 is 15.3 Å². The van der Waals surface area contributed by atoms with E-state index in [0.29, 0.717) is 12.8 Å². The van der Waals surface area contributed by atoms with E-state index in [4.69, 9.17) is 0 Å². The van der Waals surface area contributed by atoms with Gasteiger partial charge in [0, 0.05) is 6.54 Å². The molecule has 2 amide bonds. The van der Waals surface area contributed by atoms with Crippen molar-refractivity contribution in [3.8, 4) is 0 Å². The molecule has 1 saturated heterocycles. The van der Waals surface area contributed by atoms with Gasteiger partial charge in [-0.15, -0.1) is 0 Å². The summed E-state index contributed by atoms with van der Waals surface area (Å²) >= 11 is 0. The van der Waals surface area contributed by atoms with Gasteiger partial charge in [-0.25, -0.2) is 4.79 Å². The Labute approximate surface area is 138 Å². The molecular formula is C15H23F3N2O4. The second-order valence-corrected chi connectivity index (χ2v) is 7.04. The number of likely N-dealkylation sites (tertiary alicyclic amines) is 1. The van der Waals surface area contributed by atoms with Crippen LogP contribution in [0.15, 0.2) is 0 Å². The summed E-state index contributed by atoms with van der Waals surface area (Å²) in [6.45, 7) is 6.46. The fraction of sp³-hybridized carbons (Fsp3) is 0.800. The Morgan fingerprint density at radius 2 is 1.79 bits per heavy atom. The third-order valence-electron chi connectivity index (χ3n) is 4.23. The lowest BCUT2D eigenvalue weighted by molar-refractivity contribution is -0.176. The molecule has 3 atom stereocenters.